The number of carbonyl (C=O) groups is 1. The van der Waals surface area contributed by atoms with E-state index in [-0.39, 0.29) is 12.5 Å². The van der Waals surface area contributed by atoms with E-state index in [1.165, 1.54) is 270 Å². The maximum Gasteiger partial charge on any atom is 0.220 e. The zero-order valence-electron chi connectivity index (χ0n) is 43.1. The van der Waals surface area contributed by atoms with Gasteiger partial charge in [0.1, 0.15) is 0 Å². The van der Waals surface area contributed by atoms with Gasteiger partial charge in [0.25, 0.3) is 0 Å². The van der Waals surface area contributed by atoms with Gasteiger partial charge in [-0.25, -0.2) is 0 Å². The quantitative estimate of drug-likeness (QED) is 0.0421. The van der Waals surface area contributed by atoms with Crippen molar-refractivity contribution in [2.45, 2.75) is 341 Å². The van der Waals surface area contributed by atoms with Gasteiger partial charge >= 0.3 is 0 Å². The van der Waals surface area contributed by atoms with Gasteiger partial charge in [-0.2, -0.15) is 0 Å². The molecule has 0 spiro atoms. The van der Waals surface area contributed by atoms with Crippen LogP contribution in [0.2, 0.25) is 0 Å². The van der Waals surface area contributed by atoms with E-state index in [2.05, 4.69) is 43.5 Å². The Morgan fingerprint density at radius 3 is 0.952 bits per heavy atom. The minimum Gasteiger partial charge on any atom is -0.394 e. The second kappa shape index (κ2) is 55.2. The summed E-state index contributed by atoms with van der Waals surface area (Å²) >= 11 is 0. The Kier molecular flexibility index (Phi) is 54.2. The van der Waals surface area contributed by atoms with E-state index < -0.39 is 12.1 Å². The Labute approximate surface area is 396 Å². The van der Waals surface area contributed by atoms with Gasteiger partial charge in [0.15, 0.2) is 0 Å². The Morgan fingerprint density at radius 2 is 0.651 bits per heavy atom. The summed E-state index contributed by atoms with van der Waals surface area (Å²) < 4.78 is 0. The molecule has 0 aliphatic rings. The Bertz CT molecular complexity index is 916. The molecule has 0 aromatic rings. The number of hydrogen-bond acceptors (Lipinski definition) is 3. The molecule has 0 bridgehead atoms. The number of amides is 1. The summed E-state index contributed by atoms with van der Waals surface area (Å²) in [7, 11) is 0. The van der Waals surface area contributed by atoms with Crippen LogP contribution in [0.4, 0.5) is 0 Å². The van der Waals surface area contributed by atoms with Crippen LogP contribution in [0, 0.1) is 0 Å². The molecule has 0 rings (SSSR count). The number of hydrogen-bond donors (Lipinski definition) is 3. The average molecular weight is 887 g/mol. The predicted molar refractivity (Wildman–Crippen MR) is 281 cm³/mol. The molecule has 0 heterocycles. The second-order valence-corrected chi connectivity index (χ2v) is 20.1. The average Bonchev–Trinajstić information content (AvgIpc) is 3.29. The predicted octanol–water partition coefficient (Wildman–Crippen LogP) is 19.1. The molecule has 0 fully saturated rings. The van der Waals surface area contributed by atoms with Gasteiger partial charge in [0.05, 0.1) is 18.8 Å². The Hall–Kier alpha value is -1.13. The second-order valence-electron chi connectivity index (χ2n) is 20.1. The van der Waals surface area contributed by atoms with E-state index in [4.69, 9.17) is 0 Å². The first kappa shape index (κ1) is 61.9. The number of rotatable bonds is 54. The Balaban J connectivity index is 3.40. The lowest BCUT2D eigenvalue weighted by Crippen LogP contribution is -2.45. The fourth-order valence-electron chi connectivity index (χ4n) is 9.28. The van der Waals surface area contributed by atoms with Crippen molar-refractivity contribution in [3.05, 3.63) is 24.3 Å². The molecule has 0 aliphatic heterocycles. The fraction of sp³-hybridized carbons (Fsp3) is 0.915. The molecule has 2 unspecified atom stereocenters. The molecule has 3 N–H and O–H groups in total. The molecule has 0 aromatic heterocycles. The zero-order chi connectivity index (χ0) is 45.6. The highest BCUT2D eigenvalue weighted by atomic mass is 16.3. The first-order valence-corrected chi connectivity index (χ1v) is 29.0. The summed E-state index contributed by atoms with van der Waals surface area (Å²) in [6.45, 7) is 4.38. The third kappa shape index (κ3) is 51.7. The van der Waals surface area contributed by atoms with Gasteiger partial charge in [-0.1, -0.05) is 301 Å². The van der Waals surface area contributed by atoms with Gasteiger partial charge in [0, 0.05) is 6.42 Å². The number of aliphatic hydroxyl groups excluding tert-OH is 2. The van der Waals surface area contributed by atoms with Crippen molar-refractivity contribution in [2.75, 3.05) is 6.61 Å². The summed E-state index contributed by atoms with van der Waals surface area (Å²) in [5.41, 5.74) is 0. The molecule has 374 valence electrons. The summed E-state index contributed by atoms with van der Waals surface area (Å²) in [6, 6.07) is -0.533. The first-order chi connectivity index (χ1) is 31.2. The lowest BCUT2D eigenvalue weighted by Gasteiger charge is -2.22. The monoisotopic (exact) mass is 886 g/mol. The lowest BCUT2D eigenvalue weighted by molar-refractivity contribution is -0.123. The maximum absolute atomic E-state index is 12.5. The van der Waals surface area contributed by atoms with Crippen molar-refractivity contribution in [3.8, 4) is 0 Å². The summed E-state index contributed by atoms with van der Waals surface area (Å²) in [6.07, 6.45) is 73.2. The van der Waals surface area contributed by atoms with E-state index in [0.717, 1.165) is 32.1 Å². The van der Waals surface area contributed by atoms with Gasteiger partial charge in [0.2, 0.25) is 5.91 Å². The van der Waals surface area contributed by atoms with Gasteiger partial charge in [-0.15, -0.1) is 0 Å². The smallest absolute Gasteiger partial charge is 0.220 e. The van der Waals surface area contributed by atoms with E-state index >= 15 is 0 Å². The Morgan fingerprint density at radius 1 is 0.381 bits per heavy atom. The van der Waals surface area contributed by atoms with Gasteiger partial charge in [-0.05, 0) is 44.9 Å². The first-order valence-electron chi connectivity index (χ1n) is 29.0. The van der Waals surface area contributed by atoms with Crippen molar-refractivity contribution < 1.29 is 15.0 Å². The van der Waals surface area contributed by atoms with E-state index in [1.807, 2.05) is 0 Å². The molecule has 63 heavy (non-hydrogen) atoms. The van der Waals surface area contributed by atoms with Crippen molar-refractivity contribution >= 4 is 5.91 Å². The summed E-state index contributed by atoms with van der Waals surface area (Å²) in [5, 5.41) is 23.3. The highest BCUT2D eigenvalue weighted by molar-refractivity contribution is 5.76. The SMILES string of the molecule is CCCCCCC/C=C\C/C=C\CCCCCCCCCCCCCCCCCCCCCCCC(=O)NC(CO)C(O)CCCCCCCCCCCCCCCCCCCC. The standard InChI is InChI=1S/C59H115NO3/c1-3-5-7-9-11-13-15-17-19-21-23-24-25-26-27-28-29-30-31-32-33-34-35-36-37-39-41-43-45-47-49-51-53-55-59(63)60-57(56-61)58(62)54-52-50-48-46-44-42-40-38-22-20-18-16-14-12-10-8-6-4-2/h15,17,21,23,57-58,61-62H,3-14,16,18-20,22,24-56H2,1-2H3,(H,60,63)/b17-15-,23-21-. The van der Waals surface area contributed by atoms with E-state index in [0.29, 0.717) is 12.8 Å². The summed E-state index contributed by atoms with van der Waals surface area (Å²) in [4.78, 5) is 12.5. The normalized spacial score (nSPS) is 12.9. The molecule has 0 radical (unpaired) electrons. The largest absolute Gasteiger partial charge is 0.394 e. The molecule has 0 saturated heterocycles. The van der Waals surface area contributed by atoms with Crippen LogP contribution in [0.3, 0.4) is 0 Å². The minimum atomic E-state index is -0.657. The van der Waals surface area contributed by atoms with Crippen molar-refractivity contribution in [1.29, 1.82) is 0 Å². The number of nitrogens with one attached hydrogen (secondary N) is 1. The number of allylic oxidation sites excluding steroid dienone is 4. The van der Waals surface area contributed by atoms with Crippen molar-refractivity contribution in [2.24, 2.45) is 0 Å². The number of carbonyl (C=O) groups excluding carboxylic acids is 1. The topological polar surface area (TPSA) is 69.6 Å². The molecule has 4 nitrogen and oxygen atoms in total. The minimum absolute atomic E-state index is 0.0244. The molecule has 4 heteroatoms. The number of unbranched alkanes of at least 4 members (excludes halogenated alkanes) is 43. The molecule has 2 atom stereocenters. The van der Waals surface area contributed by atoms with Crippen LogP contribution >= 0.6 is 0 Å². The maximum atomic E-state index is 12.5. The summed E-state index contributed by atoms with van der Waals surface area (Å²) in [5.74, 6) is -0.0244. The molecular weight excluding hydrogens is 771 g/mol. The van der Waals surface area contributed by atoms with Gasteiger partial charge in [-0.3, -0.25) is 4.79 Å². The van der Waals surface area contributed by atoms with Crippen LogP contribution in [-0.2, 0) is 4.79 Å². The van der Waals surface area contributed by atoms with Crippen LogP contribution in [0.1, 0.15) is 328 Å². The van der Waals surface area contributed by atoms with Crippen molar-refractivity contribution in [3.63, 3.8) is 0 Å². The van der Waals surface area contributed by atoms with Crippen LogP contribution in [0.15, 0.2) is 24.3 Å². The van der Waals surface area contributed by atoms with Crippen LogP contribution in [0.25, 0.3) is 0 Å². The lowest BCUT2D eigenvalue weighted by atomic mass is 10.0. The van der Waals surface area contributed by atoms with E-state index in [1.54, 1.807) is 0 Å². The molecule has 0 saturated carbocycles. The van der Waals surface area contributed by atoms with Crippen LogP contribution in [0.5, 0.6) is 0 Å². The van der Waals surface area contributed by atoms with Gasteiger partial charge < -0.3 is 15.5 Å². The molecule has 1 amide bonds. The highest BCUT2D eigenvalue weighted by Crippen LogP contribution is 2.18. The fourth-order valence-corrected chi connectivity index (χ4v) is 9.28. The van der Waals surface area contributed by atoms with Crippen LogP contribution < -0.4 is 5.32 Å². The third-order valence-electron chi connectivity index (χ3n) is 13.7. The van der Waals surface area contributed by atoms with Crippen molar-refractivity contribution in [1.82, 2.24) is 5.32 Å². The molecule has 0 aliphatic carbocycles. The van der Waals surface area contributed by atoms with E-state index in [9.17, 15) is 15.0 Å². The molecular formula is C59H115NO3. The third-order valence-corrected chi connectivity index (χ3v) is 13.7. The highest BCUT2D eigenvalue weighted by Gasteiger charge is 2.20. The number of aliphatic hydroxyl groups is 2. The molecule has 0 aromatic carbocycles. The van der Waals surface area contributed by atoms with Crippen LogP contribution in [-0.4, -0.2) is 34.9 Å². The zero-order valence-corrected chi connectivity index (χ0v) is 43.1.